The molecule has 0 radical (unpaired) electrons. The highest BCUT2D eigenvalue weighted by atomic mass is 16.5. The summed E-state index contributed by atoms with van der Waals surface area (Å²) in [4.78, 5) is 11.1. The summed E-state index contributed by atoms with van der Waals surface area (Å²) in [6.07, 6.45) is 4.99. The van der Waals surface area contributed by atoms with Gasteiger partial charge in [-0.1, -0.05) is 26.3 Å². The van der Waals surface area contributed by atoms with Gasteiger partial charge in [-0.15, -0.1) is 0 Å². The van der Waals surface area contributed by atoms with Crippen molar-refractivity contribution < 1.29 is 19.0 Å². The Bertz CT molecular complexity index is 559. The average molecular weight is 349 g/mol. The maximum absolute atomic E-state index is 11.1. The topological polar surface area (TPSA) is 56.8 Å². The lowest BCUT2D eigenvalue weighted by atomic mass is 9.66. The van der Waals surface area contributed by atoms with E-state index in [0.29, 0.717) is 13.2 Å². The van der Waals surface area contributed by atoms with Crippen LogP contribution in [0.15, 0.2) is 18.2 Å². The molecular weight excluding hydrogens is 318 g/mol. The lowest BCUT2D eigenvalue weighted by molar-refractivity contribution is -0.111. The van der Waals surface area contributed by atoms with Crippen LogP contribution in [0.4, 0.5) is 0 Å². The molecule has 1 aliphatic carbocycles. The highest BCUT2D eigenvalue weighted by molar-refractivity contribution is 5.49. The fourth-order valence-corrected chi connectivity index (χ4v) is 3.84. The van der Waals surface area contributed by atoms with Crippen molar-refractivity contribution in [3.05, 3.63) is 23.8 Å². The Morgan fingerprint density at radius 3 is 2.72 bits per heavy atom. The predicted molar refractivity (Wildman–Crippen MR) is 98.3 cm³/mol. The maximum atomic E-state index is 11.1. The van der Waals surface area contributed by atoms with Crippen molar-refractivity contribution in [3.8, 4) is 11.5 Å². The Hall–Kier alpha value is -1.75. The van der Waals surface area contributed by atoms with E-state index in [4.69, 9.17) is 14.2 Å². The van der Waals surface area contributed by atoms with Crippen molar-refractivity contribution in [1.29, 1.82) is 0 Å². The molecule has 2 unspecified atom stereocenters. The van der Waals surface area contributed by atoms with Crippen molar-refractivity contribution in [2.24, 2.45) is 5.41 Å². The van der Waals surface area contributed by atoms with E-state index in [2.05, 4.69) is 31.3 Å². The molecule has 2 atom stereocenters. The van der Waals surface area contributed by atoms with E-state index in [1.54, 1.807) is 14.2 Å². The molecule has 0 aliphatic heterocycles. The number of carbonyl (C=O) groups is 1. The van der Waals surface area contributed by atoms with Crippen molar-refractivity contribution in [1.82, 2.24) is 5.32 Å². The SMILES string of the molecule is COCCCOc1cc(C2CCCC(C)(C)C2NC=O)ccc1OC. The average Bonchev–Trinajstić information content (AvgIpc) is 2.60. The number of carbonyl (C=O) groups excluding carboxylic acids is 1. The van der Waals surface area contributed by atoms with E-state index in [9.17, 15) is 4.79 Å². The Balaban J connectivity index is 2.23. The monoisotopic (exact) mass is 349 g/mol. The second-order valence-electron chi connectivity index (χ2n) is 7.35. The van der Waals surface area contributed by atoms with E-state index in [1.165, 1.54) is 5.56 Å². The molecule has 5 nitrogen and oxygen atoms in total. The van der Waals surface area contributed by atoms with Crippen molar-refractivity contribution in [2.45, 2.75) is 51.5 Å². The van der Waals surface area contributed by atoms with Crippen LogP contribution in [0.3, 0.4) is 0 Å². The molecule has 2 rings (SSSR count). The lowest BCUT2D eigenvalue weighted by Gasteiger charge is -2.44. The van der Waals surface area contributed by atoms with Crippen LogP contribution in [0.1, 0.15) is 51.0 Å². The van der Waals surface area contributed by atoms with Crippen LogP contribution in [-0.4, -0.2) is 39.9 Å². The van der Waals surface area contributed by atoms with Crippen LogP contribution in [0, 0.1) is 5.41 Å². The zero-order valence-corrected chi connectivity index (χ0v) is 15.8. The molecule has 1 aromatic carbocycles. The number of ether oxygens (including phenoxy) is 3. The van der Waals surface area contributed by atoms with E-state index < -0.39 is 0 Å². The molecule has 140 valence electrons. The molecule has 0 saturated heterocycles. The van der Waals surface area contributed by atoms with Gasteiger partial charge in [0.05, 0.1) is 13.7 Å². The van der Waals surface area contributed by atoms with Gasteiger partial charge in [0.15, 0.2) is 11.5 Å². The Labute approximate surface area is 151 Å². The maximum Gasteiger partial charge on any atom is 0.207 e. The number of benzene rings is 1. The fourth-order valence-electron chi connectivity index (χ4n) is 3.84. The first-order valence-corrected chi connectivity index (χ1v) is 9.03. The van der Waals surface area contributed by atoms with Crippen LogP contribution in [-0.2, 0) is 9.53 Å². The third kappa shape index (κ3) is 4.88. The highest BCUT2D eigenvalue weighted by Gasteiger charge is 2.39. The molecule has 1 aromatic rings. The third-order valence-corrected chi connectivity index (χ3v) is 5.19. The fraction of sp³-hybridized carbons (Fsp3) is 0.650. The summed E-state index contributed by atoms with van der Waals surface area (Å²) in [7, 11) is 3.34. The van der Waals surface area contributed by atoms with Gasteiger partial charge < -0.3 is 19.5 Å². The van der Waals surface area contributed by atoms with Gasteiger partial charge in [0.25, 0.3) is 0 Å². The molecule has 1 aliphatic rings. The Kier molecular flexibility index (Phi) is 7.12. The van der Waals surface area contributed by atoms with Gasteiger partial charge in [-0.25, -0.2) is 0 Å². The Morgan fingerprint density at radius 2 is 2.04 bits per heavy atom. The van der Waals surface area contributed by atoms with E-state index in [1.807, 2.05) is 6.07 Å². The van der Waals surface area contributed by atoms with E-state index in [0.717, 1.165) is 43.6 Å². The molecule has 0 heterocycles. The lowest BCUT2D eigenvalue weighted by Crippen LogP contribution is -2.48. The second-order valence-corrected chi connectivity index (χ2v) is 7.35. The van der Waals surface area contributed by atoms with E-state index in [-0.39, 0.29) is 17.4 Å². The van der Waals surface area contributed by atoms with Gasteiger partial charge in [0.1, 0.15) is 0 Å². The minimum absolute atomic E-state index is 0.0727. The second kappa shape index (κ2) is 9.09. The molecule has 5 heteroatoms. The normalized spacial score (nSPS) is 22.2. The molecule has 25 heavy (non-hydrogen) atoms. The van der Waals surface area contributed by atoms with Crippen LogP contribution in [0.5, 0.6) is 11.5 Å². The molecule has 1 saturated carbocycles. The zero-order chi connectivity index (χ0) is 18.3. The molecular formula is C20H31NO4. The van der Waals surface area contributed by atoms with Crippen LogP contribution in [0.25, 0.3) is 0 Å². The van der Waals surface area contributed by atoms with Crippen molar-refractivity contribution >= 4 is 6.41 Å². The van der Waals surface area contributed by atoms with Crippen LogP contribution >= 0.6 is 0 Å². The standard InChI is InChI=1S/C20H31NO4/c1-20(2)10-5-7-16(19(20)21-14-22)15-8-9-17(24-4)18(13-15)25-12-6-11-23-3/h8-9,13-14,16,19H,5-7,10-12H2,1-4H3,(H,21,22). The summed E-state index contributed by atoms with van der Waals surface area (Å²) < 4.78 is 16.4. The first-order chi connectivity index (χ1) is 12.0. The van der Waals surface area contributed by atoms with E-state index >= 15 is 0 Å². The summed E-state index contributed by atoms with van der Waals surface area (Å²) in [6, 6.07) is 6.23. The number of hydrogen-bond acceptors (Lipinski definition) is 4. The van der Waals surface area contributed by atoms with Gasteiger partial charge in [0.2, 0.25) is 6.41 Å². The van der Waals surface area contributed by atoms with Gasteiger partial charge in [-0.3, -0.25) is 4.79 Å². The zero-order valence-electron chi connectivity index (χ0n) is 15.8. The number of hydrogen-bond donors (Lipinski definition) is 1. The Morgan fingerprint density at radius 1 is 1.24 bits per heavy atom. The molecule has 1 N–H and O–H groups in total. The molecule has 0 aromatic heterocycles. The number of amides is 1. The summed E-state index contributed by atoms with van der Waals surface area (Å²) in [5.41, 5.74) is 1.26. The summed E-state index contributed by atoms with van der Waals surface area (Å²) in [5, 5.41) is 3.06. The van der Waals surface area contributed by atoms with Crippen LogP contribution < -0.4 is 14.8 Å². The number of nitrogens with one attached hydrogen (secondary N) is 1. The van der Waals surface area contributed by atoms with Gasteiger partial charge in [-0.05, 0) is 36.0 Å². The number of methoxy groups -OCH3 is 2. The van der Waals surface area contributed by atoms with Crippen LogP contribution in [0.2, 0.25) is 0 Å². The third-order valence-electron chi connectivity index (χ3n) is 5.19. The molecule has 1 amide bonds. The minimum Gasteiger partial charge on any atom is -0.493 e. The first-order valence-electron chi connectivity index (χ1n) is 9.03. The van der Waals surface area contributed by atoms with Gasteiger partial charge in [-0.2, -0.15) is 0 Å². The molecule has 0 spiro atoms. The predicted octanol–water partition coefficient (Wildman–Crippen LogP) is 3.52. The largest absolute Gasteiger partial charge is 0.493 e. The minimum atomic E-state index is 0.0727. The van der Waals surface area contributed by atoms with Crippen molar-refractivity contribution in [2.75, 3.05) is 27.4 Å². The summed E-state index contributed by atoms with van der Waals surface area (Å²) in [6.45, 7) is 5.71. The highest BCUT2D eigenvalue weighted by Crippen LogP contribution is 2.45. The number of rotatable bonds is 9. The smallest absolute Gasteiger partial charge is 0.207 e. The summed E-state index contributed by atoms with van der Waals surface area (Å²) in [5.74, 6) is 1.77. The molecule has 1 fully saturated rings. The van der Waals surface area contributed by atoms with Gasteiger partial charge >= 0.3 is 0 Å². The van der Waals surface area contributed by atoms with Crippen molar-refractivity contribution in [3.63, 3.8) is 0 Å². The quantitative estimate of drug-likeness (QED) is 0.547. The summed E-state index contributed by atoms with van der Waals surface area (Å²) >= 11 is 0. The van der Waals surface area contributed by atoms with Gasteiger partial charge in [0, 0.05) is 32.1 Å². The first kappa shape index (κ1) is 19.6. The molecule has 0 bridgehead atoms.